The van der Waals surface area contributed by atoms with Crippen molar-refractivity contribution in [1.29, 1.82) is 0 Å². The van der Waals surface area contributed by atoms with E-state index in [0.29, 0.717) is 11.4 Å². The first-order chi connectivity index (χ1) is 7.33. The van der Waals surface area contributed by atoms with Crippen LogP contribution in [0.4, 0.5) is 5.82 Å². The molecule has 4 nitrogen and oxygen atoms in total. The van der Waals surface area contributed by atoms with E-state index in [9.17, 15) is 4.79 Å². The number of esters is 1. The van der Waals surface area contributed by atoms with E-state index in [2.05, 4.69) is 26.2 Å². The lowest BCUT2D eigenvalue weighted by molar-refractivity contribution is 0.0601. The van der Waals surface area contributed by atoms with E-state index in [1.54, 1.807) is 12.3 Å². The van der Waals surface area contributed by atoms with Crippen LogP contribution in [0.1, 0.15) is 31.1 Å². The van der Waals surface area contributed by atoms with Crippen molar-refractivity contribution in [1.82, 2.24) is 4.98 Å². The molecule has 16 heavy (non-hydrogen) atoms. The highest BCUT2D eigenvalue weighted by molar-refractivity contribution is 9.10. The molecule has 0 atom stereocenters. The van der Waals surface area contributed by atoms with Gasteiger partial charge < -0.3 is 10.1 Å². The first-order valence-electron chi connectivity index (χ1n) is 4.85. The maximum absolute atomic E-state index is 11.5. The fourth-order valence-electron chi connectivity index (χ4n) is 1.16. The first kappa shape index (κ1) is 13.0. The Morgan fingerprint density at radius 2 is 2.12 bits per heavy atom. The van der Waals surface area contributed by atoms with Crippen molar-refractivity contribution >= 4 is 27.7 Å². The van der Waals surface area contributed by atoms with Gasteiger partial charge in [0.05, 0.1) is 7.11 Å². The standard InChI is InChI=1S/C11H15BrN2O2/c1-11(2,3)14-9-8(10(15)16-4)5-7(12)6-13-9/h5-6H,1-4H3,(H,13,14). The minimum absolute atomic E-state index is 0.163. The SMILES string of the molecule is COC(=O)c1cc(Br)cnc1NC(C)(C)C. The molecule has 1 aromatic heterocycles. The third-order valence-electron chi connectivity index (χ3n) is 1.75. The highest BCUT2D eigenvalue weighted by Crippen LogP contribution is 2.21. The molecule has 1 heterocycles. The van der Waals surface area contributed by atoms with Crippen molar-refractivity contribution in [3.05, 3.63) is 22.3 Å². The number of nitrogens with one attached hydrogen (secondary N) is 1. The molecule has 0 amide bonds. The van der Waals surface area contributed by atoms with Gasteiger partial charge in [-0.05, 0) is 42.8 Å². The molecule has 5 heteroatoms. The Morgan fingerprint density at radius 1 is 1.50 bits per heavy atom. The Balaban J connectivity index is 3.13. The molecule has 1 aromatic rings. The molecular formula is C11H15BrN2O2. The molecule has 0 aliphatic rings. The van der Waals surface area contributed by atoms with Crippen LogP contribution in [0, 0.1) is 0 Å². The molecule has 1 rings (SSSR count). The average Bonchev–Trinajstić information content (AvgIpc) is 2.17. The molecule has 1 N–H and O–H groups in total. The Bertz CT molecular complexity index is 399. The van der Waals surface area contributed by atoms with Gasteiger partial charge in [-0.1, -0.05) is 0 Å². The van der Waals surface area contributed by atoms with Gasteiger partial charge in [0.15, 0.2) is 0 Å². The second kappa shape index (κ2) is 4.82. The number of hydrogen-bond donors (Lipinski definition) is 1. The van der Waals surface area contributed by atoms with Crippen LogP contribution in [-0.4, -0.2) is 23.6 Å². The highest BCUT2D eigenvalue weighted by atomic mass is 79.9. The van der Waals surface area contributed by atoms with Crippen LogP contribution in [0.3, 0.4) is 0 Å². The summed E-state index contributed by atoms with van der Waals surface area (Å²) in [5.74, 6) is 0.128. The zero-order chi connectivity index (χ0) is 12.3. The Kier molecular flexibility index (Phi) is 3.91. The molecular weight excluding hydrogens is 272 g/mol. The zero-order valence-electron chi connectivity index (χ0n) is 9.80. The van der Waals surface area contributed by atoms with Crippen molar-refractivity contribution < 1.29 is 9.53 Å². The summed E-state index contributed by atoms with van der Waals surface area (Å²) in [6.07, 6.45) is 1.64. The van der Waals surface area contributed by atoms with Crippen LogP contribution < -0.4 is 5.32 Å². The molecule has 0 radical (unpaired) electrons. The Morgan fingerprint density at radius 3 is 2.62 bits per heavy atom. The van der Waals surface area contributed by atoms with Gasteiger partial charge in [0, 0.05) is 16.2 Å². The van der Waals surface area contributed by atoms with Crippen LogP contribution in [-0.2, 0) is 4.74 Å². The van der Waals surface area contributed by atoms with Crippen molar-refractivity contribution in [3.8, 4) is 0 Å². The third kappa shape index (κ3) is 3.48. The number of nitrogens with zero attached hydrogens (tertiary/aromatic N) is 1. The normalized spacial score (nSPS) is 11.1. The molecule has 88 valence electrons. The molecule has 0 aromatic carbocycles. The molecule has 0 unspecified atom stereocenters. The summed E-state index contributed by atoms with van der Waals surface area (Å²) >= 11 is 3.28. The van der Waals surface area contributed by atoms with Gasteiger partial charge in [0.1, 0.15) is 11.4 Å². The number of pyridine rings is 1. The summed E-state index contributed by atoms with van der Waals surface area (Å²) in [5.41, 5.74) is 0.260. The quantitative estimate of drug-likeness (QED) is 0.850. The fraction of sp³-hybridized carbons (Fsp3) is 0.455. The largest absolute Gasteiger partial charge is 0.465 e. The van der Waals surface area contributed by atoms with Gasteiger partial charge in [0.25, 0.3) is 0 Å². The van der Waals surface area contributed by atoms with Crippen molar-refractivity contribution in [3.63, 3.8) is 0 Å². The molecule has 0 spiro atoms. The average molecular weight is 287 g/mol. The van der Waals surface area contributed by atoms with Gasteiger partial charge in [-0.15, -0.1) is 0 Å². The Labute approximate surface area is 104 Å². The molecule has 0 saturated carbocycles. The van der Waals surface area contributed by atoms with Crippen molar-refractivity contribution in [2.75, 3.05) is 12.4 Å². The van der Waals surface area contributed by atoms with E-state index >= 15 is 0 Å². The predicted molar refractivity (Wildman–Crippen MR) is 66.7 cm³/mol. The second-order valence-electron chi connectivity index (χ2n) is 4.42. The lowest BCUT2D eigenvalue weighted by atomic mass is 10.1. The maximum Gasteiger partial charge on any atom is 0.341 e. The minimum Gasteiger partial charge on any atom is -0.465 e. The number of halogens is 1. The number of ether oxygens (including phenoxy) is 1. The number of anilines is 1. The van der Waals surface area contributed by atoms with E-state index in [1.165, 1.54) is 7.11 Å². The van der Waals surface area contributed by atoms with E-state index in [4.69, 9.17) is 4.74 Å². The summed E-state index contributed by atoms with van der Waals surface area (Å²) in [7, 11) is 1.35. The van der Waals surface area contributed by atoms with Gasteiger partial charge in [-0.3, -0.25) is 0 Å². The molecule has 0 bridgehead atoms. The summed E-state index contributed by atoms with van der Waals surface area (Å²) < 4.78 is 5.45. The van der Waals surface area contributed by atoms with Gasteiger partial charge in [-0.25, -0.2) is 9.78 Å². The molecule has 0 aliphatic heterocycles. The van der Waals surface area contributed by atoms with E-state index in [-0.39, 0.29) is 5.54 Å². The zero-order valence-corrected chi connectivity index (χ0v) is 11.4. The number of aromatic nitrogens is 1. The lowest BCUT2D eigenvalue weighted by Crippen LogP contribution is -2.28. The lowest BCUT2D eigenvalue weighted by Gasteiger charge is -2.22. The highest BCUT2D eigenvalue weighted by Gasteiger charge is 2.18. The molecule has 0 aliphatic carbocycles. The third-order valence-corrected chi connectivity index (χ3v) is 2.19. The predicted octanol–water partition coefficient (Wildman–Crippen LogP) is 2.84. The van der Waals surface area contributed by atoms with Crippen LogP contribution in [0.2, 0.25) is 0 Å². The molecule has 0 fully saturated rings. The van der Waals surface area contributed by atoms with Crippen LogP contribution >= 0.6 is 15.9 Å². The first-order valence-corrected chi connectivity index (χ1v) is 5.65. The molecule has 0 saturated heterocycles. The van der Waals surface area contributed by atoms with Crippen LogP contribution in [0.25, 0.3) is 0 Å². The Hall–Kier alpha value is -1.10. The van der Waals surface area contributed by atoms with E-state index in [0.717, 1.165) is 4.47 Å². The number of carbonyl (C=O) groups excluding carboxylic acids is 1. The van der Waals surface area contributed by atoms with Gasteiger partial charge in [-0.2, -0.15) is 0 Å². The second-order valence-corrected chi connectivity index (χ2v) is 5.33. The summed E-state index contributed by atoms with van der Waals surface area (Å²) in [6, 6.07) is 1.69. The maximum atomic E-state index is 11.5. The number of methoxy groups -OCH3 is 1. The van der Waals surface area contributed by atoms with Crippen molar-refractivity contribution in [2.45, 2.75) is 26.3 Å². The number of hydrogen-bond acceptors (Lipinski definition) is 4. The minimum atomic E-state index is -0.402. The number of rotatable bonds is 2. The number of carbonyl (C=O) groups is 1. The van der Waals surface area contributed by atoms with Gasteiger partial charge in [0.2, 0.25) is 0 Å². The summed E-state index contributed by atoms with van der Waals surface area (Å²) in [4.78, 5) is 15.7. The van der Waals surface area contributed by atoms with Crippen LogP contribution in [0.15, 0.2) is 16.7 Å². The summed E-state index contributed by atoms with van der Waals surface area (Å²) in [5, 5.41) is 3.16. The smallest absolute Gasteiger partial charge is 0.341 e. The summed E-state index contributed by atoms with van der Waals surface area (Å²) in [6.45, 7) is 5.99. The van der Waals surface area contributed by atoms with E-state index < -0.39 is 5.97 Å². The van der Waals surface area contributed by atoms with E-state index in [1.807, 2.05) is 20.8 Å². The fourth-order valence-corrected chi connectivity index (χ4v) is 1.49. The van der Waals surface area contributed by atoms with Gasteiger partial charge >= 0.3 is 5.97 Å². The monoisotopic (exact) mass is 286 g/mol. The van der Waals surface area contributed by atoms with Crippen molar-refractivity contribution in [2.24, 2.45) is 0 Å². The topological polar surface area (TPSA) is 51.2 Å². The van der Waals surface area contributed by atoms with Crippen LogP contribution in [0.5, 0.6) is 0 Å².